The second-order valence-corrected chi connectivity index (χ2v) is 1.56. The Morgan fingerprint density at radius 2 is 2.30 bits per heavy atom. The van der Waals surface area contributed by atoms with Gasteiger partial charge in [-0.25, -0.2) is 0 Å². The van der Waals surface area contributed by atoms with Crippen molar-refractivity contribution in [1.29, 1.82) is 5.41 Å². The van der Waals surface area contributed by atoms with Gasteiger partial charge in [0.15, 0.2) is 0 Å². The molecule has 0 bridgehead atoms. The van der Waals surface area contributed by atoms with Gasteiger partial charge in [0.05, 0.1) is 6.61 Å². The minimum absolute atomic E-state index is 0.0551. The predicted octanol–water partition coefficient (Wildman–Crippen LogP) is 0.0991. The molecule has 0 aliphatic heterocycles. The summed E-state index contributed by atoms with van der Waals surface area (Å²) >= 11 is 0. The van der Waals surface area contributed by atoms with Gasteiger partial charge >= 0.3 is 0 Å². The molecular formula is C6H12N2O2. The van der Waals surface area contributed by atoms with Gasteiger partial charge in [0, 0.05) is 13.2 Å². The van der Waals surface area contributed by atoms with Gasteiger partial charge in [0.25, 0.3) is 0 Å². The van der Waals surface area contributed by atoms with Gasteiger partial charge in [0.2, 0.25) is 5.90 Å². The van der Waals surface area contributed by atoms with Gasteiger partial charge in [0.1, 0.15) is 6.61 Å². The van der Waals surface area contributed by atoms with Crippen molar-refractivity contribution in [1.82, 2.24) is 0 Å². The zero-order valence-corrected chi connectivity index (χ0v) is 5.96. The lowest BCUT2D eigenvalue weighted by Gasteiger charge is -2.01. The maximum Gasteiger partial charge on any atom is 0.207 e. The van der Waals surface area contributed by atoms with Crippen LogP contribution in [0.4, 0.5) is 0 Å². The fraction of sp³-hybridized carbons (Fsp3) is 0.500. The molecule has 0 aliphatic carbocycles. The summed E-state index contributed by atoms with van der Waals surface area (Å²) in [6.07, 6.45) is 2.63. The minimum Gasteiger partial charge on any atom is -0.476 e. The molecule has 0 heterocycles. The molecular weight excluding hydrogens is 132 g/mol. The minimum atomic E-state index is 0.0551. The van der Waals surface area contributed by atoms with Crippen LogP contribution in [0.3, 0.4) is 0 Å². The van der Waals surface area contributed by atoms with E-state index in [4.69, 9.17) is 20.6 Å². The standard InChI is InChI=1S/C6H12N2O2/c1-9-4-5-10-6(8)2-3-7/h2-3,8H,4-5,7H2,1H3/b3-2-,8-6?. The molecule has 0 rings (SSSR count). The SMILES string of the molecule is COCCOC(=N)/C=C\N. The fourth-order valence-corrected chi connectivity index (χ4v) is 0.370. The third-order valence-electron chi connectivity index (χ3n) is 0.793. The van der Waals surface area contributed by atoms with E-state index < -0.39 is 0 Å². The maximum atomic E-state index is 7.02. The van der Waals surface area contributed by atoms with E-state index in [2.05, 4.69) is 0 Å². The number of rotatable bonds is 4. The molecule has 0 atom stereocenters. The van der Waals surface area contributed by atoms with E-state index in [0.717, 1.165) is 0 Å². The molecule has 0 amide bonds. The lowest BCUT2D eigenvalue weighted by Crippen LogP contribution is -2.06. The number of hydrogen-bond donors (Lipinski definition) is 2. The summed E-state index contributed by atoms with van der Waals surface area (Å²) in [4.78, 5) is 0. The molecule has 58 valence electrons. The lowest BCUT2D eigenvalue weighted by atomic mass is 10.6. The first-order valence-electron chi connectivity index (χ1n) is 2.90. The lowest BCUT2D eigenvalue weighted by molar-refractivity contribution is 0.141. The van der Waals surface area contributed by atoms with Crippen molar-refractivity contribution in [2.24, 2.45) is 5.73 Å². The molecule has 0 spiro atoms. The van der Waals surface area contributed by atoms with Crippen molar-refractivity contribution in [3.63, 3.8) is 0 Å². The summed E-state index contributed by atoms with van der Waals surface area (Å²) in [6.45, 7) is 0.875. The third-order valence-corrected chi connectivity index (χ3v) is 0.793. The fourth-order valence-electron chi connectivity index (χ4n) is 0.370. The Kier molecular flexibility index (Phi) is 5.47. The molecule has 0 saturated heterocycles. The summed E-state index contributed by atoms with van der Waals surface area (Å²) in [5, 5.41) is 7.02. The molecule has 0 aromatic rings. The Balaban J connectivity index is 3.22. The number of hydrogen-bond acceptors (Lipinski definition) is 4. The van der Waals surface area contributed by atoms with Gasteiger partial charge in [-0.05, 0) is 6.20 Å². The van der Waals surface area contributed by atoms with E-state index in [9.17, 15) is 0 Å². The molecule has 0 fully saturated rings. The second-order valence-electron chi connectivity index (χ2n) is 1.56. The van der Waals surface area contributed by atoms with Crippen LogP contribution in [0.15, 0.2) is 12.3 Å². The van der Waals surface area contributed by atoms with Crippen LogP contribution in [-0.2, 0) is 9.47 Å². The summed E-state index contributed by atoms with van der Waals surface area (Å²) in [5.74, 6) is 0.0551. The van der Waals surface area contributed by atoms with E-state index in [1.54, 1.807) is 7.11 Å². The van der Waals surface area contributed by atoms with Gasteiger partial charge in [-0.15, -0.1) is 0 Å². The molecule has 4 nitrogen and oxygen atoms in total. The van der Waals surface area contributed by atoms with Crippen LogP contribution in [0.2, 0.25) is 0 Å². The average molecular weight is 144 g/mol. The Bertz CT molecular complexity index is 123. The van der Waals surface area contributed by atoms with Gasteiger partial charge in [-0.3, -0.25) is 5.41 Å². The average Bonchev–Trinajstić information content (AvgIpc) is 1.89. The van der Waals surface area contributed by atoms with Crippen molar-refractivity contribution in [2.45, 2.75) is 0 Å². The van der Waals surface area contributed by atoms with Crippen LogP contribution in [-0.4, -0.2) is 26.2 Å². The highest BCUT2D eigenvalue weighted by Crippen LogP contribution is 1.80. The smallest absolute Gasteiger partial charge is 0.207 e. The van der Waals surface area contributed by atoms with E-state index >= 15 is 0 Å². The monoisotopic (exact) mass is 144 g/mol. The number of nitrogens with one attached hydrogen (secondary N) is 1. The summed E-state index contributed by atoms with van der Waals surface area (Å²) in [6, 6.07) is 0. The van der Waals surface area contributed by atoms with E-state index in [0.29, 0.717) is 13.2 Å². The molecule has 4 heteroatoms. The molecule has 0 aromatic heterocycles. The topological polar surface area (TPSA) is 68.3 Å². The number of methoxy groups -OCH3 is 1. The van der Waals surface area contributed by atoms with Crippen LogP contribution < -0.4 is 5.73 Å². The van der Waals surface area contributed by atoms with Crippen molar-refractivity contribution < 1.29 is 9.47 Å². The van der Waals surface area contributed by atoms with Crippen molar-refractivity contribution >= 4 is 5.90 Å². The van der Waals surface area contributed by atoms with Crippen LogP contribution >= 0.6 is 0 Å². The molecule has 3 N–H and O–H groups in total. The molecule has 0 unspecified atom stereocenters. The second kappa shape index (κ2) is 6.10. The summed E-state index contributed by atoms with van der Waals surface area (Å²) in [7, 11) is 1.58. The third kappa shape index (κ3) is 5.11. The Labute approximate surface area is 60.1 Å². The molecule has 0 saturated carbocycles. The first-order valence-corrected chi connectivity index (χ1v) is 2.90. The van der Waals surface area contributed by atoms with E-state index in [-0.39, 0.29) is 5.90 Å². The zero-order valence-electron chi connectivity index (χ0n) is 5.96. The van der Waals surface area contributed by atoms with Crippen molar-refractivity contribution in [3.8, 4) is 0 Å². The van der Waals surface area contributed by atoms with Gasteiger partial charge < -0.3 is 15.2 Å². The zero-order chi connectivity index (χ0) is 7.82. The van der Waals surface area contributed by atoms with Crippen LogP contribution in [0.5, 0.6) is 0 Å². The highest BCUT2D eigenvalue weighted by Gasteiger charge is 1.88. The summed E-state index contributed by atoms with van der Waals surface area (Å²) < 4.78 is 9.51. The normalized spacial score (nSPS) is 10.1. The number of nitrogens with two attached hydrogens (primary N) is 1. The molecule has 10 heavy (non-hydrogen) atoms. The van der Waals surface area contributed by atoms with E-state index in [1.165, 1.54) is 12.3 Å². The first kappa shape index (κ1) is 8.97. The van der Waals surface area contributed by atoms with Crippen molar-refractivity contribution in [3.05, 3.63) is 12.3 Å². The highest BCUT2D eigenvalue weighted by atomic mass is 16.5. The first-order chi connectivity index (χ1) is 4.81. The Morgan fingerprint density at radius 1 is 1.60 bits per heavy atom. The van der Waals surface area contributed by atoms with Gasteiger partial charge in [-0.1, -0.05) is 0 Å². The van der Waals surface area contributed by atoms with Crippen LogP contribution in [0, 0.1) is 5.41 Å². The predicted molar refractivity (Wildman–Crippen MR) is 38.9 cm³/mol. The van der Waals surface area contributed by atoms with Crippen LogP contribution in [0.1, 0.15) is 0 Å². The molecule has 0 aliphatic rings. The van der Waals surface area contributed by atoms with Crippen molar-refractivity contribution in [2.75, 3.05) is 20.3 Å². The molecule has 0 radical (unpaired) electrons. The Hall–Kier alpha value is -1.03. The summed E-state index contributed by atoms with van der Waals surface area (Å²) in [5.41, 5.74) is 5.00. The molecule has 0 aromatic carbocycles. The highest BCUT2D eigenvalue weighted by molar-refractivity contribution is 5.84. The Morgan fingerprint density at radius 3 is 2.80 bits per heavy atom. The largest absolute Gasteiger partial charge is 0.476 e. The quantitative estimate of drug-likeness (QED) is 0.334. The number of ether oxygens (including phenoxy) is 2. The maximum absolute atomic E-state index is 7.02. The van der Waals surface area contributed by atoms with Gasteiger partial charge in [-0.2, -0.15) is 0 Å². The van der Waals surface area contributed by atoms with E-state index in [1.807, 2.05) is 0 Å². The van der Waals surface area contributed by atoms with Crippen LogP contribution in [0.25, 0.3) is 0 Å².